The van der Waals surface area contributed by atoms with Crippen molar-refractivity contribution in [2.24, 2.45) is 0 Å². The average molecular weight is 436 g/mol. The van der Waals surface area contributed by atoms with Crippen molar-refractivity contribution in [1.29, 1.82) is 0 Å². The molecule has 0 saturated carbocycles. The Morgan fingerprint density at radius 2 is 1.76 bits per heavy atom. The van der Waals surface area contributed by atoms with E-state index in [2.05, 4.69) is 0 Å². The molecule has 0 aliphatic carbocycles. The van der Waals surface area contributed by atoms with E-state index in [1.54, 1.807) is 36.2 Å². The molecular formula is C20H22ClN3O4S. The molecule has 1 amide bonds. The molecule has 154 valence electrons. The van der Waals surface area contributed by atoms with Gasteiger partial charge in [0.1, 0.15) is 5.75 Å². The third kappa shape index (κ3) is 3.30. The fourth-order valence-electron chi connectivity index (χ4n) is 4.00. The van der Waals surface area contributed by atoms with E-state index in [0.717, 1.165) is 0 Å². The number of piperidine rings is 1. The van der Waals surface area contributed by atoms with Crippen molar-refractivity contribution in [1.82, 2.24) is 4.90 Å². The summed E-state index contributed by atoms with van der Waals surface area (Å²) in [5.41, 5.74) is 1.78. The van der Waals surface area contributed by atoms with E-state index in [1.165, 1.54) is 15.7 Å². The van der Waals surface area contributed by atoms with Crippen LogP contribution in [0.1, 0.15) is 23.2 Å². The maximum absolute atomic E-state index is 13.0. The quantitative estimate of drug-likeness (QED) is 0.742. The van der Waals surface area contributed by atoms with E-state index in [0.29, 0.717) is 53.6 Å². The Kier molecular flexibility index (Phi) is 5.08. The second-order valence-electron chi connectivity index (χ2n) is 7.13. The van der Waals surface area contributed by atoms with Crippen molar-refractivity contribution in [3.8, 4) is 5.75 Å². The standard InChI is InChI=1S/C20H22ClN3O4S/c1-22-17-5-3-4-6-18(17)24(29(22,26)27)15-9-11-23(12-10-15)20(25)16-13-14(21)7-8-19(16)28-2/h3-8,13,15H,9-12H2,1-2H3. The van der Waals surface area contributed by atoms with E-state index in [4.69, 9.17) is 16.3 Å². The molecule has 0 atom stereocenters. The van der Waals surface area contributed by atoms with Crippen LogP contribution in [0.4, 0.5) is 11.4 Å². The predicted molar refractivity (Wildman–Crippen MR) is 113 cm³/mol. The Morgan fingerprint density at radius 3 is 2.41 bits per heavy atom. The molecule has 2 heterocycles. The number of halogens is 1. The largest absolute Gasteiger partial charge is 0.496 e. The smallest absolute Gasteiger partial charge is 0.326 e. The first-order valence-electron chi connectivity index (χ1n) is 9.34. The van der Waals surface area contributed by atoms with Crippen LogP contribution in [0.15, 0.2) is 42.5 Å². The van der Waals surface area contributed by atoms with E-state index in [9.17, 15) is 13.2 Å². The molecule has 0 unspecified atom stereocenters. The lowest BCUT2D eigenvalue weighted by Gasteiger charge is -2.37. The first-order chi connectivity index (χ1) is 13.8. The molecule has 0 radical (unpaired) electrons. The number of carbonyl (C=O) groups excluding carboxylic acids is 1. The van der Waals surface area contributed by atoms with Gasteiger partial charge in [0.05, 0.1) is 30.1 Å². The zero-order valence-electron chi connectivity index (χ0n) is 16.2. The van der Waals surface area contributed by atoms with Gasteiger partial charge in [-0.25, -0.2) is 4.31 Å². The maximum Gasteiger partial charge on any atom is 0.326 e. The highest BCUT2D eigenvalue weighted by Gasteiger charge is 2.43. The van der Waals surface area contributed by atoms with Crippen LogP contribution < -0.4 is 13.3 Å². The second kappa shape index (κ2) is 7.42. The summed E-state index contributed by atoms with van der Waals surface area (Å²) in [5, 5.41) is 0.465. The summed E-state index contributed by atoms with van der Waals surface area (Å²) in [6.45, 7) is 0.911. The van der Waals surface area contributed by atoms with Crippen LogP contribution in [0.5, 0.6) is 5.75 Å². The van der Waals surface area contributed by atoms with Gasteiger partial charge in [0.2, 0.25) is 0 Å². The van der Waals surface area contributed by atoms with Crippen LogP contribution in [-0.4, -0.2) is 52.5 Å². The average Bonchev–Trinajstić information content (AvgIpc) is 2.93. The van der Waals surface area contributed by atoms with Gasteiger partial charge in [-0.2, -0.15) is 8.42 Å². The highest BCUT2D eigenvalue weighted by Crippen LogP contribution is 2.42. The second-order valence-corrected chi connectivity index (χ2v) is 9.40. The minimum atomic E-state index is -3.60. The molecule has 2 aromatic carbocycles. The Morgan fingerprint density at radius 1 is 1.10 bits per heavy atom. The molecule has 29 heavy (non-hydrogen) atoms. The zero-order valence-corrected chi connectivity index (χ0v) is 17.8. The van der Waals surface area contributed by atoms with Gasteiger partial charge in [-0.1, -0.05) is 23.7 Å². The van der Waals surface area contributed by atoms with Crippen molar-refractivity contribution in [3.05, 3.63) is 53.1 Å². The number of nitrogens with zero attached hydrogens (tertiary/aromatic N) is 3. The van der Waals surface area contributed by atoms with Gasteiger partial charge in [0.25, 0.3) is 5.91 Å². The van der Waals surface area contributed by atoms with Gasteiger partial charge < -0.3 is 9.64 Å². The fourth-order valence-corrected chi connectivity index (χ4v) is 5.83. The van der Waals surface area contributed by atoms with Crippen molar-refractivity contribution >= 4 is 39.1 Å². The number of para-hydroxylation sites is 2. The van der Waals surface area contributed by atoms with Crippen LogP contribution in [0, 0.1) is 0 Å². The molecule has 1 fully saturated rings. The number of hydrogen-bond donors (Lipinski definition) is 0. The number of methoxy groups -OCH3 is 1. The van der Waals surface area contributed by atoms with Gasteiger partial charge in [-0.05, 0) is 43.2 Å². The molecule has 4 rings (SSSR count). The summed E-state index contributed by atoms with van der Waals surface area (Å²) >= 11 is 6.05. The molecule has 7 nitrogen and oxygen atoms in total. The van der Waals surface area contributed by atoms with Gasteiger partial charge in [0.15, 0.2) is 0 Å². The van der Waals surface area contributed by atoms with E-state index < -0.39 is 10.2 Å². The lowest BCUT2D eigenvalue weighted by molar-refractivity contribution is 0.0712. The van der Waals surface area contributed by atoms with Crippen LogP contribution in [0.25, 0.3) is 0 Å². The summed E-state index contributed by atoms with van der Waals surface area (Å²) in [6, 6.07) is 12.0. The number of benzene rings is 2. The number of carbonyl (C=O) groups is 1. The maximum atomic E-state index is 13.0. The molecule has 9 heteroatoms. The molecule has 0 N–H and O–H groups in total. The van der Waals surface area contributed by atoms with Crippen LogP contribution >= 0.6 is 11.6 Å². The van der Waals surface area contributed by atoms with Crippen molar-refractivity contribution < 1.29 is 17.9 Å². The summed E-state index contributed by atoms with van der Waals surface area (Å²) in [5.74, 6) is 0.309. The van der Waals surface area contributed by atoms with Crippen molar-refractivity contribution in [2.45, 2.75) is 18.9 Å². The van der Waals surface area contributed by atoms with Gasteiger partial charge in [-0.15, -0.1) is 0 Å². The Balaban J connectivity index is 1.53. The van der Waals surface area contributed by atoms with Crippen molar-refractivity contribution in [3.63, 3.8) is 0 Å². The number of likely N-dealkylation sites (tertiary alicyclic amines) is 1. The molecule has 2 aromatic rings. The SMILES string of the molecule is COc1ccc(Cl)cc1C(=O)N1CCC(N2c3ccccc3N(C)S2(=O)=O)CC1. The molecular weight excluding hydrogens is 414 g/mol. The van der Waals surface area contributed by atoms with Crippen molar-refractivity contribution in [2.75, 3.05) is 35.9 Å². The highest BCUT2D eigenvalue weighted by molar-refractivity contribution is 7.94. The molecule has 0 bridgehead atoms. The number of hydrogen-bond acceptors (Lipinski definition) is 4. The van der Waals surface area contributed by atoms with Gasteiger partial charge >= 0.3 is 10.2 Å². The first kappa shape index (κ1) is 19.8. The lowest BCUT2D eigenvalue weighted by Crippen LogP contribution is -2.49. The van der Waals surface area contributed by atoms with Crippen LogP contribution in [0.3, 0.4) is 0 Å². The molecule has 1 saturated heterocycles. The predicted octanol–water partition coefficient (Wildman–Crippen LogP) is 3.15. The number of amides is 1. The van der Waals surface area contributed by atoms with E-state index in [-0.39, 0.29) is 11.9 Å². The summed E-state index contributed by atoms with van der Waals surface area (Å²) in [7, 11) is -0.525. The third-order valence-corrected chi connectivity index (χ3v) is 7.64. The third-order valence-electron chi connectivity index (χ3n) is 5.53. The van der Waals surface area contributed by atoms with Gasteiger partial charge in [0, 0.05) is 25.2 Å². The highest BCUT2D eigenvalue weighted by atomic mass is 35.5. The fraction of sp³-hybridized carbons (Fsp3) is 0.350. The summed E-state index contributed by atoms with van der Waals surface area (Å²) in [6.07, 6.45) is 1.10. The number of rotatable bonds is 3. The number of anilines is 2. The van der Waals surface area contributed by atoms with E-state index >= 15 is 0 Å². The Bertz CT molecular complexity index is 1050. The topological polar surface area (TPSA) is 70.2 Å². The van der Waals surface area contributed by atoms with E-state index in [1.807, 2.05) is 18.2 Å². The van der Waals surface area contributed by atoms with Gasteiger partial charge in [-0.3, -0.25) is 9.10 Å². The summed E-state index contributed by atoms with van der Waals surface area (Å²) in [4.78, 5) is 14.7. The Labute approximate surface area is 175 Å². The molecule has 2 aliphatic rings. The molecule has 0 aromatic heterocycles. The van der Waals surface area contributed by atoms with Crippen LogP contribution in [-0.2, 0) is 10.2 Å². The number of fused-ring (bicyclic) bond motifs is 1. The van der Waals surface area contributed by atoms with Crippen LogP contribution in [0.2, 0.25) is 5.02 Å². The monoisotopic (exact) mass is 435 g/mol. The first-order valence-corrected chi connectivity index (χ1v) is 11.1. The molecule has 2 aliphatic heterocycles. The lowest BCUT2D eigenvalue weighted by atomic mass is 10.0. The zero-order chi connectivity index (χ0) is 20.8. The normalized spacial score (nSPS) is 18.7. The minimum absolute atomic E-state index is 0.162. The minimum Gasteiger partial charge on any atom is -0.496 e. The Hall–Kier alpha value is -2.45. The number of ether oxygens (including phenoxy) is 1. The molecule has 0 spiro atoms. The summed E-state index contributed by atoms with van der Waals surface area (Å²) < 4.78 is 34.0.